The third-order valence-electron chi connectivity index (χ3n) is 3.94. The van der Waals surface area contributed by atoms with Crippen LogP contribution in [0, 0.1) is 20.8 Å². The molecule has 1 atom stereocenters. The van der Waals surface area contributed by atoms with Crippen LogP contribution >= 0.6 is 0 Å². The zero-order valence-electron chi connectivity index (χ0n) is 14.3. The number of carboxylic acids is 1. The van der Waals surface area contributed by atoms with Crippen molar-refractivity contribution in [3.8, 4) is 5.69 Å². The number of nitrogens with one attached hydrogen (secondary N) is 1. The van der Waals surface area contributed by atoms with Crippen LogP contribution in [-0.2, 0) is 9.53 Å². The number of amides is 1. The maximum absolute atomic E-state index is 12.4. The van der Waals surface area contributed by atoms with Gasteiger partial charge in [0.05, 0.1) is 12.1 Å². The van der Waals surface area contributed by atoms with Crippen molar-refractivity contribution >= 4 is 11.9 Å². The molecule has 2 aromatic rings. The van der Waals surface area contributed by atoms with Gasteiger partial charge in [-0.1, -0.05) is 12.1 Å². The first-order valence-corrected chi connectivity index (χ1v) is 7.65. The number of aromatic nitrogens is 1. The lowest BCUT2D eigenvalue weighted by Crippen LogP contribution is -2.37. The number of hydrogen-bond donors (Lipinski definition) is 2. The lowest BCUT2D eigenvalue weighted by Gasteiger charge is -2.12. The average molecular weight is 330 g/mol. The second-order valence-corrected chi connectivity index (χ2v) is 5.73. The highest BCUT2D eigenvalue weighted by Crippen LogP contribution is 2.21. The van der Waals surface area contributed by atoms with Crippen molar-refractivity contribution in [1.82, 2.24) is 9.88 Å². The zero-order chi connectivity index (χ0) is 17.9. The fourth-order valence-corrected chi connectivity index (χ4v) is 2.71. The molecule has 6 nitrogen and oxygen atoms in total. The summed E-state index contributed by atoms with van der Waals surface area (Å²) in [5, 5.41) is 11.6. The standard InChI is InChI=1S/C18H22N2O4/c1-11-6-5-7-14(8-11)20-12(2)9-15(13(20)3)17(21)19-10-16(24-4)18(22)23/h5-9,16H,10H2,1-4H3,(H,19,21)(H,22,23). The van der Waals surface area contributed by atoms with E-state index in [1.807, 2.05) is 49.6 Å². The maximum atomic E-state index is 12.4. The number of benzene rings is 1. The number of rotatable bonds is 6. The van der Waals surface area contributed by atoms with E-state index < -0.39 is 12.1 Å². The minimum absolute atomic E-state index is 0.0845. The summed E-state index contributed by atoms with van der Waals surface area (Å²) in [7, 11) is 1.30. The Morgan fingerprint density at radius 3 is 2.54 bits per heavy atom. The summed E-state index contributed by atoms with van der Waals surface area (Å²) in [6.45, 7) is 5.73. The lowest BCUT2D eigenvalue weighted by atomic mass is 10.2. The van der Waals surface area contributed by atoms with E-state index in [1.54, 1.807) is 6.07 Å². The SMILES string of the molecule is COC(CNC(=O)c1cc(C)n(-c2cccc(C)c2)c1C)C(=O)O. The van der Waals surface area contributed by atoms with Crippen LogP contribution in [-0.4, -0.2) is 41.3 Å². The molecule has 0 aliphatic carbocycles. The van der Waals surface area contributed by atoms with Crippen molar-refractivity contribution in [2.24, 2.45) is 0 Å². The van der Waals surface area contributed by atoms with Crippen LogP contribution in [0.15, 0.2) is 30.3 Å². The molecule has 0 saturated carbocycles. The molecule has 0 saturated heterocycles. The molecule has 2 rings (SSSR count). The van der Waals surface area contributed by atoms with E-state index in [1.165, 1.54) is 7.11 Å². The highest BCUT2D eigenvalue weighted by molar-refractivity contribution is 5.96. The summed E-state index contributed by atoms with van der Waals surface area (Å²) in [5.74, 6) is -1.42. The van der Waals surface area contributed by atoms with Crippen molar-refractivity contribution < 1.29 is 19.4 Å². The molecule has 1 aromatic heterocycles. The Hall–Kier alpha value is -2.60. The minimum Gasteiger partial charge on any atom is -0.479 e. The first-order chi connectivity index (χ1) is 11.3. The van der Waals surface area contributed by atoms with Gasteiger partial charge in [-0.2, -0.15) is 0 Å². The van der Waals surface area contributed by atoms with Crippen LogP contribution in [0.25, 0.3) is 5.69 Å². The Kier molecular flexibility index (Phi) is 5.41. The number of carbonyl (C=O) groups excluding carboxylic acids is 1. The van der Waals surface area contributed by atoms with Gasteiger partial charge in [0.2, 0.25) is 0 Å². The molecule has 0 radical (unpaired) electrons. The molecule has 0 aliphatic heterocycles. The molecule has 1 amide bonds. The van der Waals surface area contributed by atoms with Gasteiger partial charge >= 0.3 is 5.97 Å². The molecule has 6 heteroatoms. The molecule has 1 heterocycles. The topological polar surface area (TPSA) is 80.6 Å². The number of carbonyl (C=O) groups is 2. The molecule has 0 bridgehead atoms. The second-order valence-electron chi connectivity index (χ2n) is 5.73. The van der Waals surface area contributed by atoms with Crippen LogP contribution < -0.4 is 5.32 Å². The molecular formula is C18H22N2O4. The van der Waals surface area contributed by atoms with Gasteiger partial charge in [-0.25, -0.2) is 4.79 Å². The van der Waals surface area contributed by atoms with Gasteiger partial charge in [-0.15, -0.1) is 0 Å². The van der Waals surface area contributed by atoms with Crippen LogP contribution in [0.1, 0.15) is 27.3 Å². The van der Waals surface area contributed by atoms with Crippen LogP contribution in [0.4, 0.5) is 0 Å². The van der Waals surface area contributed by atoms with E-state index >= 15 is 0 Å². The molecule has 0 fully saturated rings. The average Bonchev–Trinajstić information content (AvgIpc) is 2.82. The minimum atomic E-state index is -1.11. The smallest absolute Gasteiger partial charge is 0.334 e. The van der Waals surface area contributed by atoms with Crippen molar-refractivity contribution in [1.29, 1.82) is 0 Å². The molecule has 0 spiro atoms. The van der Waals surface area contributed by atoms with E-state index in [0.717, 1.165) is 22.6 Å². The zero-order valence-corrected chi connectivity index (χ0v) is 14.3. The van der Waals surface area contributed by atoms with Gasteiger partial charge in [0.1, 0.15) is 0 Å². The van der Waals surface area contributed by atoms with Crippen molar-refractivity contribution in [3.05, 3.63) is 52.8 Å². The van der Waals surface area contributed by atoms with Crippen molar-refractivity contribution in [2.75, 3.05) is 13.7 Å². The Balaban J connectivity index is 2.25. The number of aliphatic carboxylic acids is 1. The third kappa shape index (κ3) is 3.65. The first kappa shape index (κ1) is 17.7. The van der Waals surface area contributed by atoms with Gasteiger partial charge in [0.25, 0.3) is 5.91 Å². The Morgan fingerprint density at radius 2 is 1.96 bits per heavy atom. The van der Waals surface area contributed by atoms with Gasteiger partial charge in [0, 0.05) is 24.2 Å². The number of nitrogens with zero attached hydrogens (tertiary/aromatic N) is 1. The molecule has 128 valence electrons. The van der Waals surface area contributed by atoms with E-state index in [9.17, 15) is 9.59 Å². The number of aryl methyl sites for hydroxylation is 2. The third-order valence-corrected chi connectivity index (χ3v) is 3.94. The number of ether oxygens (including phenoxy) is 1. The highest BCUT2D eigenvalue weighted by Gasteiger charge is 2.20. The molecule has 1 unspecified atom stereocenters. The largest absolute Gasteiger partial charge is 0.479 e. The van der Waals surface area contributed by atoms with Gasteiger partial charge in [-0.3, -0.25) is 4.79 Å². The number of hydrogen-bond acceptors (Lipinski definition) is 3. The molecule has 2 N–H and O–H groups in total. The van der Waals surface area contributed by atoms with E-state index in [4.69, 9.17) is 9.84 Å². The van der Waals surface area contributed by atoms with Gasteiger partial charge in [0.15, 0.2) is 6.10 Å². The van der Waals surface area contributed by atoms with Gasteiger partial charge < -0.3 is 19.7 Å². The van der Waals surface area contributed by atoms with Crippen LogP contribution in [0.3, 0.4) is 0 Å². The first-order valence-electron chi connectivity index (χ1n) is 7.65. The molecule has 0 aliphatic rings. The summed E-state index contributed by atoms with van der Waals surface area (Å²) in [5.41, 5.74) is 4.39. The fourth-order valence-electron chi connectivity index (χ4n) is 2.71. The quantitative estimate of drug-likeness (QED) is 0.851. The van der Waals surface area contributed by atoms with Crippen molar-refractivity contribution in [3.63, 3.8) is 0 Å². The normalized spacial score (nSPS) is 12.0. The Bertz CT molecular complexity index is 764. The van der Waals surface area contributed by atoms with Crippen molar-refractivity contribution in [2.45, 2.75) is 26.9 Å². The lowest BCUT2D eigenvalue weighted by molar-refractivity contribution is -0.148. The Morgan fingerprint density at radius 1 is 1.25 bits per heavy atom. The predicted octanol–water partition coefficient (Wildman–Crippen LogP) is 2.23. The summed E-state index contributed by atoms with van der Waals surface area (Å²) >= 11 is 0. The second kappa shape index (κ2) is 7.31. The number of carboxylic acid groups (broad SMARTS) is 1. The van der Waals surface area contributed by atoms with E-state index in [2.05, 4.69) is 5.32 Å². The molecule has 24 heavy (non-hydrogen) atoms. The molecular weight excluding hydrogens is 308 g/mol. The van der Waals surface area contributed by atoms with Gasteiger partial charge in [-0.05, 0) is 44.5 Å². The summed E-state index contributed by atoms with van der Waals surface area (Å²) in [4.78, 5) is 23.3. The summed E-state index contributed by atoms with van der Waals surface area (Å²) in [6.07, 6.45) is -1.06. The Labute approximate surface area is 141 Å². The van der Waals surface area contributed by atoms with Crippen LogP contribution in [0.5, 0.6) is 0 Å². The predicted molar refractivity (Wildman–Crippen MR) is 90.7 cm³/mol. The molecule has 1 aromatic carbocycles. The summed E-state index contributed by atoms with van der Waals surface area (Å²) < 4.78 is 6.83. The highest BCUT2D eigenvalue weighted by atomic mass is 16.5. The fraction of sp³-hybridized carbons (Fsp3) is 0.333. The monoisotopic (exact) mass is 330 g/mol. The van der Waals surface area contributed by atoms with E-state index in [-0.39, 0.29) is 12.5 Å². The van der Waals surface area contributed by atoms with E-state index in [0.29, 0.717) is 5.56 Å². The summed E-state index contributed by atoms with van der Waals surface area (Å²) in [6, 6.07) is 9.82. The number of methoxy groups -OCH3 is 1. The van der Waals surface area contributed by atoms with Crippen LogP contribution in [0.2, 0.25) is 0 Å². The maximum Gasteiger partial charge on any atom is 0.334 e.